The van der Waals surface area contributed by atoms with Crippen LogP contribution in [0.1, 0.15) is 42.1 Å². The molecule has 1 aliphatic rings. The van der Waals surface area contributed by atoms with Gasteiger partial charge in [0.2, 0.25) is 0 Å². The number of benzene rings is 1. The van der Waals surface area contributed by atoms with Crippen molar-refractivity contribution in [1.29, 1.82) is 0 Å². The number of nitrogens with zero attached hydrogens (tertiary/aromatic N) is 2. The van der Waals surface area contributed by atoms with E-state index in [1.807, 2.05) is 25.7 Å². The minimum atomic E-state index is -0.270. The molecule has 3 nitrogen and oxygen atoms in total. The van der Waals surface area contributed by atoms with Crippen LogP contribution in [0.15, 0.2) is 24.3 Å². The number of hydrogen-bond acceptors (Lipinski definition) is 3. The van der Waals surface area contributed by atoms with Gasteiger partial charge in [-0.05, 0) is 57.9 Å². The van der Waals surface area contributed by atoms with Gasteiger partial charge >= 0.3 is 0 Å². The van der Waals surface area contributed by atoms with Crippen molar-refractivity contribution in [1.82, 2.24) is 9.88 Å². The van der Waals surface area contributed by atoms with E-state index < -0.39 is 0 Å². The molecular formula is C17H19FN2OS. The van der Waals surface area contributed by atoms with Crippen LogP contribution in [0, 0.1) is 12.7 Å². The topological polar surface area (TPSA) is 33.2 Å². The highest BCUT2D eigenvalue weighted by atomic mass is 32.1. The molecule has 0 radical (unpaired) electrons. The number of hydrogen-bond donors (Lipinski definition) is 0. The van der Waals surface area contributed by atoms with E-state index in [2.05, 4.69) is 4.98 Å². The molecule has 0 spiro atoms. The molecule has 1 amide bonds. The highest BCUT2D eigenvalue weighted by Crippen LogP contribution is 2.34. The van der Waals surface area contributed by atoms with Gasteiger partial charge in [-0.3, -0.25) is 4.79 Å². The predicted octanol–water partition coefficient (Wildman–Crippen LogP) is 4.27. The van der Waals surface area contributed by atoms with Gasteiger partial charge in [-0.1, -0.05) is 0 Å². The summed E-state index contributed by atoms with van der Waals surface area (Å²) >= 11 is 1.39. The summed E-state index contributed by atoms with van der Waals surface area (Å²) in [5.74, 6) is -0.200. The Balaban J connectivity index is 1.91. The highest BCUT2D eigenvalue weighted by Gasteiger charge is 2.36. The molecule has 116 valence electrons. The summed E-state index contributed by atoms with van der Waals surface area (Å²) in [6.45, 7) is 5.96. The Morgan fingerprint density at radius 2 is 1.95 bits per heavy atom. The molecule has 3 rings (SSSR count). The smallest absolute Gasteiger partial charge is 0.266 e. The van der Waals surface area contributed by atoms with Crippen LogP contribution in [0.4, 0.5) is 4.39 Å². The number of aromatic nitrogens is 1. The number of thiazole rings is 1. The number of rotatable bonds is 4. The summed E-state index contributed by atoms with van der Waals surface area (Å²) in [5.41, 5.74) is 1.59. The summed E-state index contributed by atoms with van der Waals surface area (Å²) in [4.78, 5) is 20.0. The Morgan fingerprint density at radius 1 is 1.32 bits per heavy atom. The zero-order valence-corrected chi connectivity index (χ0v) is 13.8. The molecule has 1 saturated carbocycles. The molecule has 0 saturated heterocycles. The van der Waals surface area contributed by atoms with Crippen molar-refractivity contribution >= 4 is 17.2 Å². The molecule has 1 heterocycles. The first-order valence-corrected chi connectivity index (χ1v) is 8.35. The second-order valence-electron chi connectivity index (χ2n) is 5.98. The zero-order valence-electron chi connectivity index (χ0n) is 13.0. The lowest BCUT2D eigenvalue weighted by molar-refractivity contribution is 0.0694. The van der Waals surface area contributed by atoms with E-state index in [1.165, 1.54) is 23.5 Å². The summed E-state index contributed by atoms with van der Waals surface area (Å²) in [6, 6.07) is 6.79. The van der Waals surface area contributed by atoms with E-state index >= 15 is 0 Å². The van der Waals surface area contributed by atoms with Gasteiger partial charge < -0.3 is 4.90 Å². The Bertz CT molecular complexity index is 687. The summed E-state index contributed by atoms with van der Waals surface area (Å²) in [5, 5.41) is 0.764. The quantitative estimate of drug-likeness (QED) is 0.843. The Hall–Kier alpha value is -1.75. The first-order valence-electron chi connectivity index (χ1n) is 7.53. The average Bonchev–Trinajstić information content (AvgIpc) is 3.21. The van der Waals surface area contributed by atoms with Gasteiger partial charge in [0.05, 0.1) is 5.69 Å². The van der Waals surface area contributed by atoms with Gasteiger partial charge in [-0.2, -0.15) is 0 Å². The number of halogens is 1. The summed E-state index contributed by atoms with van der Waals surface area (Å²) in [7, 11) is 0. The van der Waals surface area contributed by atoms with E-state index in [-0.39, 0.29) is 17.8 Å². The lowest BCUT2D eigenvalue weighted by atomic mass is 10.2. The van der Waals surface area contributed by atoms with Crippen LogP contribution in [0.25, 0.3) is 10.6 Å². The molecule has 0 unspecified atom stereocenters. The predicted molar refractivity (Wildman–Crippen MR) is 86.6 cm³/mol. The normalized spacial score (nSPS) is 14.4. The standard InChI is InChI=1S/C17H19FN2OS/c1-10(2)20(14-8-9-14)17(21)15-11(3)19-16(22-15)12-4-6-13(18)7-5-12/h4-7,10,14H,8-9H2,1-3H3. The van der Waals surface area contributed by atoms with Crippen molar-refractivity contribution in [2.45, 2.75) is 45.7 Å². The summed E-state index contributed by atoms with van der Waals surface area (Å²) in [6.07, 6.45) is 2.18. The van der Waals surface area contributed by atoms with Crippen LogP contribution in [0.3, 0.4) is 0 Å². The molecule has 2 aromatic rings. The van der Waals surface area contributed by atoms with E-state index in [0.717, 1.165) is 29.1 Å². The largest absolute Gasteiger partial charge is 0.332 e. The zero-order chi connectivity index (χ0) is 15.9. The third-order valence-corrected chi connectivity index (χ3v) is 5.01. The molecule has 0 atom stereocenters. The van der Waals surface area contributed by atoms with Crippen LogP contribution in [0.2, 0.25) is 0 Å². The van der Waals surface area contributed by atoms with Gasteiger partial charge in [0.25, 0.3) is 5.91 Å². The molecule has 0 N–H and O–H groups in total. The van der Waals surface area contributed by atoms with Crippen molar-refractivity contribution in [3.05, 3.63) is 40.7 Å². The highest BCUT2D eigenvalue weighted by molar-refractivity contribution is 7.17. The number of amides is 1. The van der Waals surface area contributed by atoms with Crippen molar-refractivity contribution < 1.29 is 9.18 Å². The third kappa shape index (κ3) is 2.90. The Kier molecular flexibility index (Phi) is 4.00. The second-order valence-corrected chi connectivity index (χ2v) is 6.98. The Morgan fingerprint density at radius 3 is 2.50 bits per heavy atom. The lowest BCUT2D eigenvalue weighted by Crippen LogP contribution is -2.38. The monoisotopic (exact) mass is 318 g/mol. The Labute approximate surface area is 133 Å². The van der Waals surface area contributed by atoms with Gasteiger partial charge in [0, 0.05) is 17.6 Å². The fourth-order valence-corrected chi connectivity index (χ4v) is 3.62. The van der Waals surface area contributed by atoms with Crippen molar-refractivity contribution in [2.24, 2.45) is 0 Å². The molecule has 1 aromatic carbocycles. The minimum Gasteiger partial charge on any atom is -0.332 e. The maximum atomic E-state index is 13.0. The van der Waals surface area contributed by atoms with Crippen molar-refractivity contribution in [3.8, 4) is 10.6 Å². The molecule has 1 aromatic heterocycles. The van der Waals surface area contributed by atoms with Gasteiger partial charge in [-0.15, -0.1) is 11.3 Å². The lowest BCUT2D eigenvalue weighted by Gasteiger charge is -2.26. The number of carbonyl (C=O) groups excluding carboxylic acids is 1. The van der Waals surface area contributed by atoms with Gasteiger partial charge in [0.1, 0.15) is 15.7 Å². The minimum absolute atomic E-state index is 0.0702. The van der Waals surface area contributed by atoms with E-state index in [0.29, 0.717) is 10.9 Å². The fraction of sp³-hybridized carbons (Fsp3) is 0.412. The maximum absolute atomic E-state index is 13.0. The fourth-order valence-electron chi connectivity index (χ4n) is 2.60. The molecular weight excluding hydrogens is 299 g/mol. The average molecular weight is 318 g/mol. The summed E-state index contributed by atoms with van der Waals surface area (Å²) < 4.78 is 13.0. The second kappa shape index (κ2) is 5.80. The number of carbonyl (C=O) groups is 1. The SMILES string of the molecule is Cc1nc(-c2ccc(F)cc2)sc1C(=O)N(C(C)C)C1CC1. The van der Waals surface area contributed by atoms with Crippen LogP contribution < -0.4 is 0 Å². The molecule has 1 fully saturated rings. The first kappa shape index (κ1) is 15.2. The van der Waals surface area contributed by atoms with E-state index in [1.54, 1.807) is 12.1 Å². The van der Waals surface area contributed by atoms with Crippen LogP contribution in [-0.4, -0.2) is 27.9 Å². The third-order valence-electron chi connectivity index (χ3n) is 3.81. The van der Waals surface area contributed by atoms with Crippen LogP contribution in [-0.2, 0) is 0 Å². The van der Waals surface area contributed by atoms with Crippen molar-refractivity contribution in [2.75, 3.05) is 0 Å². The van der Waals surface area contributed by atoms with Gasteiger partial charge in [0.15, 0.2) is 0 Å². The van der Waals surface area contributed by atoms with E-state index in [9.17, 15) is 9.18 Å². The molecule has 0 bridgehead atoms. The first-order chi connectivity index (χ1) is 10.5. The molecule has 0 aliphatic heterocycles. The van der Waals surface area contributed by atoms with Crippen molar-refractivity contribution in [3.63, 3.8) is 0 Å². The van der Waals surface area contributed by atoms with E-state index in [4.69, 9.17) is 0 Å². The van der Waals surface area contributed by atoms with Crippen LogP contribution >= 0.6 is 11.3 Å². The molecule has 1 aliphatic carbocycles. The molecule has 22 heavy (non-hydrogen) atoms. The maximum Gasteiger partial charge on any atom is 0.266 e. The number of aryl methyl sites for hydroxylation is 1. The van der Waals surface area contributed by atoms with Crippen LogP contribution in [0.5, 0.6) is 0 Å². The molecule has 5 heteroatoms. The van der Waals surface area contributed by atoms with Gasteiger partial charge in [-0.25, -0.2) is 9.37 Å².